The van der Waals surface area contributed by atoms with Crippen molar-refractivity contribution < 1.29 is 4.74 Å². The van der Waals surface area contributed by atoms with E-state index in [2.05, 4.69) is 0 Å². The first-order chi connectivity index (χ1) is 3.84. The van der Waals surface area contributed by atoms with Gasteiger partial charge in [-0.05, 0) is 6.07 Å². The van der Waals surface area contributed by atoms with Gasteiger partial charge in [0.25, 0.3) is 0 Å². The maximum absolute atomic E-state index is 4.89. The molecule has 1 aromatic heterocycles. The van der Waals surface area contributed by atoms with E-state index < -0.39 is 0 Å². The lowest BCUT2D eigenvalue weighted by molar-refractivity contribution is 0.408. The topological polar surface area (TPSA) is 9.23 Å². The molecule has 0 unspecified atom stereocenters. The van der Waals surface area contributed by atoms with Gasteiger partial charge in [-0.25, -0.2) is 0 Å². The summed E-state index contributed by atoms with van der Waals surface area (Å²) in [5.41, 5.74) is 0. The molecule has 1 nitrogen and oxygen atoms in total. The smallest absolute Gasteiger partial charge is 0.106 e. The molecule has 0 aliphatic heterocycles. The minimum atomic E-state index is 0.810. The van der Waals surface area contributed by atoms with Crippen LogP contribution in [0.1, 0.15) is 0 Å². The third kappa shape index (κ3) is 0.928. The predicted octanol–water partition coefficient (Wildman–Crippen LogP) is 1.66. The normalized spacial score (nSPS) is 9.12. The SMILES string of the molecule is COc1ccsc1[S-]. The summed E-state index contributed by atoms with van der Waals surface area (Å²) in [6.07, 6.45) is 0. The van der Waals surface area contributed by atoms with E-state index in [0.717, 1.165) is 9.96 Å². The Bertz CT molecular complexity index is 171. The van der Waals surface area contributed by atoms with Crippen LogP contribution < -0.4 is 4.74 Å². The fraction of sp³-hybridized carbons (Fsp3) is 0.200. The fourth-order valence-electron chi connectivity index (χ4n) is 0.435. The Kier molecular flexibility index (Phi) is 1.70. The molecule has 0 amide bonds. The van der Waals surface area contributed by atoms with Crippen LogP contribution in [0, 0.1) is 0 Å². The van der Waals surface area contributed by atoms with Gasteiger partial charge in [0.15, 0.2) is 0 Å². The summed E-state index contributed by atoms with van der Waals surface area (Å²) in [6.45, 7) is 0. The molecule has 3 heteroatoms. The highest BCUT2D eigenvalue weighted by molar-refractivity contribution is 7.62. The Morgan fingerprint density at radius 1 is 1.75 bits per heavy atom. The second-order valence-electron chi connectivity index (χ2n) is 1.28. The summed E-state index contributed by atoms with van der Waals surface area (Å²) >= 11 is 6.40. The average molecular weight is 145 g/mol. The number of rotatable bonds is 1. The van der Waals surface area contributed by atoms with Crippen molar-refractivity contribution in [2.75, 3.05) is 7.11 Å². The highest BCUT2D eigenvalue weighted by Crippen LogP contribution is 2.22. The molecule has 0 N–H and O–H groups in total. The molecule has 0 atom stereocenters. The first kappa shape index (κ1) is 5.85. The standard InChI is InChI=1S/C5H6OS2/c1-6-4-2-3-8-5(4)7/h2-3,7H,1H3/p-1. The molecule has 1 rings (SSSR count). The maximum Gasteiger partial charge on any atom is 0.106 e. The molecular weight excluding hydrogens is 140 g/mol. The van der Waals surface area contributed by atoms with Crippen molar-refractivity contribution in [2.24, 2.45) is 0 Å². The molecule has 1 heterocycles. The molecule has 0 aliphatic rings. The molecule has 0 saturated carbocycles. The van der Waals surface area contributed by atoms with Gasteiger partial charge >= 0.3 is 0 Å². The van der Waals surface area contributed by atoms with Gasteiger partial charge in [0.1, 0.15) is 5.75 Å². The van der Waals surface area contributed by atoms with Crippen LogP contribution in [0.2, 0.25) is 0 Å². The molecule has 0 fully saturated rings. The lowest BCUT2D eigenvalue weighted by Gasteiger charge is -1.99. The maximum atomic E-state index is 4.89. The largest absolute Gasteiger partial charge is 0.498 e. The van der Waals surface area contributed by atoms with Crippen molar-refractivity contribution in [3.05, 3.63) is 11.4 Å². The van der Waals surface area contributed by atoms with Crippen molar-refractivity contribution in [1.29, 1.82) is 0 Å². The van der Waals surface area contributed by atoms with E-state index in [1.165, 1.54) is 11.3 Å². The van der Waals surface area contributed by atoms with Crippen molar-refractivity contribution in [3.63, 3.8) is 0 Å². The predicted molar refractivity (Wildman–Crippen MR) is 36.5 cm³/mol. The second-order valence-corrected chi connectivity index (χ2v) is 2.86. The van der Waals surface area contributed by atoms with Crippen LogP contribution in [0.4, 0.5) is 0 Å². The zero-order valence-electron chi connectivity index (χ0n) is 4.38. The Balaban J connectivity index is 2.92. The van der Waals surface area contributed by atoms with E-state index in [4.69, 9.17) is 17.4 Å². The number of hydrogen-bond acceptors (Lipinski definition) is 3. The Morgan fingerprint density at radius 2 is 2.50 bits per heavy atom. The molecule has 0 spiro atoms. The molecular formula is C5H5OS2-. The molecule has 0 saturated heterocycles. The zero-order chi connectivity index (χ0) is 5.98. The van der Waals surface area contributed by atoms with Crippen LogP contribution in [0.15, 0.2) is 15.7 Å². The molecule has 44 valence electrons. The van der Waals surface area contributed by atoms with Gasteiger partial charge in [0.05, 0.1) is 7.11 Å². The first-order valence-electron chi connectivity index (χ1n) is 2.13. The molecule has 0 bridgehead atoms. The van der Waals surface area contributed by atoms with Crippen LogP contribution in [-0.4, -0.2) is 7.11 Å². The van der Waals surface area contributed by atoms with Crippen LogP contribution in [0.3, 0.4) is 0 Å². The summed E-state index contributed by atoms with van der Waals surface area (Å²) in [4.78, 5) is 0. The lowest BCUT2D eigenvalue weighted by Crippen LogP contribution is -1.78. The van der Waals surface area contributed by atoms with Gasteiger partial charge in [-0.15, -0.1) is 5.38 Å². The van der Waals surface area contributed by atoms with Crippen LogP contribution in [0.25, 0.3) is 0 Å². The summed E-state index contributed by atoms with van der Waals surface area (Å²) in [6, 6.07) is 1.87. The minimum absolute atomic E-state index is 0.810. The molecule has 0 aromatic carbocycles. The summed E-state index contributed by atoms with van der Waals surface area (Å²) in [5.74, 6) is 0.810. The van der Waals surface area contributed by atoms with Crippen molar-refractivity contribution >= 4 is 24.0 Å². The van der Waals surface area contributed by atoms with Crippen LogP contribution >= 0.6 is 11.3 Å². The quantitative estimate of drug-likeness (QED) is 0.556. The van der Waals surface area contributed by atoms with E-state index in [1.54, 1.807) is 7.11 Å². The van der Waals surface area contributed by atoms with Crippen molar-refractivity contribution in [3.8, 4) is 5.75 Å². The summed E-state index contributed by atoms with van der Waals surface area (Å²) < 4.78 is 5.72. The summed E-state index contributed by atoms with van der Waals surface area (Å²) in [7, 11) is 1.62. The fourth-order valence-corrected chi connectivity index (χ4v) is 1.34. The van der Waals surface area contributed by atoms with Crippen molar-refractivity contribution in [1.82, 2.24) is 0 Å². The van der Waals surface area contributed by atoms with E-state index in [-0.39, 0.29) is 0 Å². The van der Waals surface area contributed by atoms with E-state index in [9.17, 15) is 0 Å². The highest BCUT2D eigenvalue weighted by atomic mass is 32.2. The van der Waals surface area contributed by atoms with E-state index in [1.807, 2.05) is 11.4 Å². The van der Waals surface area contributed by atoms with Gasteiger partial charge in [-0.3, -0.25) is 0 Å². The second kappa shape index (κ2) is 2.33. The number of hydrogen-bond donors (Lipinski definition) is 0. The number of methoxy groups -OCH3 is 1. The van der Waals surface area contributed by atoms with Gasteiger partial charge in [-0.1, -0.05) is 4.21 Å². The van der Waals surface area contributed by atoms with Crippen LogP contribution in [-0.2, 0) is 12.6 Å². The van der Waals surface area contributed by atoms with Crippen molar-refractivity contribution in [2.45, 2.75) is 4.21 Å². The van der Waals surface area contributed by atoms with Gasteiger partial charge in [0.2, 0.25) is 0 Å². The third-order valence-corrected chi connectivity index (χ3v) is 1.99. The molecule has 1 aromatic rings. The lowest BCUT2D eigenvalue weighted by atomic mass is 10.6. The molecule has 0 radical (unpaired) electrons. The summed E-state index contributed by atoms with van der Waals surface area (Å²) in [5, 5.41) is 1.92. The molecule has 0 aliphatic carbocycles. The van der Waals surface area contributed by atoms with E-state index in [0.29, 0.717) is 0 Å². The average Bonchev–Trinajstić information content (AvgIpc) is 2.14. The van der Waals surface area contributed by atoms with Gasteiger partial charge < -0.3 is 28.7 Å². The van der Waals surface area contributed by atoms with E-state index >= 15 is 0 Å². The highest BCUT2D eigenvalue weighted by Gasteiger charge is 1.85. The minimum Gasteiger partial charge on any atom is -0.498 e. The monoisotopic (exact) mass is 145 g/mol. The number of ether oxygens (including phenoxy) is 1. The van der Waals surface area contributed by atoms with Gasteiger partial charge in [0, 0.05) is 0 Å². The Labute approximate surface area is 57.7 Å². The van der Waals surface area contributed by atoms with Crippen LogP contribution in [0.5, 0.6) is 5.75 Å². The van der Waals surface area contributed by atoms with Gasteiger partial charge in [-0.2, -0.15) is 0 Å². The molecule has 8 heavy (non-hydrogen) atoms. The number of thiophene rings is 1. The Hall–Kier alpha value is -0.280. The zero-order valence-corrected chi connectivity index (χ0v) is 6.01. The third-order valence-electron chi connectivity index (χ3n) is 0.816. The Morgan fingerprint density at radius 3 is 2.75 bits per heavy atom. The first-order valence-corrected chi connectivity index (χ1v) is 3.42.